The van der Waals surface area contributed by atoms with Gasteiger partial charge in [-0.2, -0.15) is 0 Å². The summed E-state index contributed by atoms with van der Waals surface area (Å²) < 4.78 is 34.5. The van der Waals surface area contributed by atoms with Gasteiger partial charge in [-0.05, 0) is 35.9 Å². The number of carbonyl (C=O) groups excluding carboxylic acids is 1. The smallest absolute Gasteiger partial charge is 0.199 e. The van der Waals surface area contributed by atoms with Gasteiger partial charge in [-0.1, -0.05) is 31.4 Å². The lowest BCUT2D eigenvalue weighted by molar-refractivity contribution is 0.103. The van der Waals surface area contributed by atoms with Gasteiger partial charge >= 0.3 is 0 Å². The Bertz CT molecular complexity index is 1110. The Hall–Kier alpha value is -3.67. The van der Waals surface area contributed by atoms with Crippen LogP contribution in [0.25, 0.3) is 11.0 Å². The van der Waals surface area contributed by atoms with Crippen LogP contribution in [0.1, 0.15) is 15.9 Å². The predicted octanol–water partition coefficient (Wildman–Crippen LogP) is 4.82. The van der Waals surface area contributed by atoms with E-state index in [1.165, 1.54) is 30.6 Å². The van der Waals surface area contributed by atoms with Gasteiger partial charge in [0.1, 0.15) is 12.4 Å². The molecule has 4 nitrogen and oxygen atoms in total. The molecule has 1 heterocycles. The number of allylic oxidation sites excluding steroid dienone is 2. The SMILES string of the molecule is C=C/C=C(\C=C)COc1ccc(F)c(C(=O)c2ccc3nccnc3c2)c1F. The Morgan fingerprint density at radius 1 is 1.07 bits per heavy atom. The minimum atomic E-state index is -1.06. The molecule has 0 aliphatic rings. The van der Waals surface area contributed by atoms with E-state index in [2.05, 4.69) is 23.1 Å². The molecule has 0 radical (unpaired) electrons. The van der Waals surface area contributed by atoms with Crippen molar-refractivity contribution in [3.63, 3.8) is 0 Å². The highest BCUT2D eigenvalue weighted by molar-refractivity contribution is 6.10. The standard InChI is InChI=1S/C22H16F2N2O2/c1-3-5-14(4-2)13-28-19-9-7-16(23)20(21(19)24)22(27)15-6-8-17-18(12-15)26-11-10-25-17/h3-12H,1-2,13H2/b14-5+. The first-order chi connectivity index (χ1) is 13.5. The molecule has 0 spiro atoms. The summed E-state index contributed by atoms with van der Waals surface area (Å²) in [5.41, 5.74) is 1.09. The number of carbonyl (C=O) groups is 1. The quantitative estimate of drug-likeness (QED) is 0.437. The van der Waals surface area contributed by atoms with Crippen LogP contribution in [-0.4, -0.2) is 22.4 Å². The molecule has 0 aliphatic heterocycles. The van der Waals surface area contributed by atoms with E-state index in [1.54, 1.807) is 18.2 Å². The number of ether oxygens (including phenoxy) is 1. The second kappa shape index (κ2) is 8.35. The molecule has 0 saturated carbocycles. The Morgan fingerprint density at radius 3 is 2.54 bits per heavy atom. The number of benzene rings is 2. The molecule has 0 bridgehead atoms. The van der Waals surface area contributed by atoms with E-state index >= 15 is 0 Å². The Kier molecular flexibility index (Phi) is 5.69. The van der Waals surface area contributed by atoms with Crippen molar-refractivity contribution in [1.82, 2.24) is 9.97 Å². The topological polar surface area (TPSA) is 52.1 Å². The minimum absolute atomic E-state index is 0.00271. The minimum Gasteiger partial charge on any atom is -0.486 e. The number of aromatic nitrogens is 2. The van der Waals surface area contributed by atoms with Crippen LogP contribution in [0.2, 0.25) is 0 Å². The second-order valence-corrected chi connectivity index (χ2v) is 5.79. The number of hydrogen-bond acceptors (Lipinski definition) is 4. The van der Waals surface area contributed by atoms with Crippen LogP contribution < -0.4 is 4.74 Å². The zero-order valence-electron chi connectivity index (χ0n) is 14.9. The number of hydrogen-bond donors (Lipinski definition) is 0. The van der Waals surface area contributed by atoms with Crippen LogP contribution in [0.4, 0.5) is 8.78 Å². The van der Waals surface area contributed by atoms with Crippen molar-refractivity contribution < 1.29 is 18.3 Å². The summed E-state index contributed by atoms with van der Waals surface area (Å²) in [5.74, 6) is -3.08. The van der Waals surface area contributed by atoms with E-state index in [0.717, 1.165) is 12.1 Å². The van der Waals surface area contributed by atoms with Crippen molar-refractivity contribution in [2.45, 2.75) is 0 Å². The molecule has 0 unspecified atom stereocenters. The predicted molar refractivity (Wildman–Crippen MR) is 103 cm³/mol. The molecular formula is C22H16F2N2O2. The van der Waals surface area contributed by atoms with Crippen molar-refractivity contribution in [3.8, 4) is 5.75 Å². The molecule has 28 heavy (non-hydrogen) atoms. The first kappa shape index (κ1) is 19.1. The molecule has 140 valence electrons. The van der Waals surface area contributed by atoms with Gasteiger partial charge in [-0.15, -0.1) is 0 Å². The maximum atomic E-state index is 14.8. The van der Waals surface area contributed by atoms with Gasteiger partial charge in [0.15, 0.2) is 17.3 Å². The largest absolute Gasteiger partial charge is 0.486 e. The highest BCUT2D eigenvalue weighted by Gasteiger charge is 2.23. The third-order valence-corrected chi connectivity index (χ3v) is 4.00. The fourth-order valence-electron chi connectivity index (χ4n) is 2.59. The third-order valence-electron chi connectivity index (χ3n) is 4.00. The van der Waals surface area contributed by atoms with Crippen molar-refractivity contribution in [2.75, 3.05) is 6.61 Å². The summed E-state index contributed by atoms with van der Waals surface area (Å²) in [5, 5.41) is 0. The number of rotatable bonds is 7. The van der Waals surface area contributed by atoms with Crippen LogP contribution in [0.15, 0.2) is 79.7 Å². The zero-order chi connectivity index (χ0) is 20.1. The fraction of sp³-hybridized carbons (Fsp3) is 0.0455. The maximum absolute atomic E-state index is 14.8. The summed E-state index contributed by atoms with van der Waals surface area (Å²) in [7, 11) is 0. The van der Waals surface area contributed by atoms with Crippen molar-refractivity contribution in [2.24, 2.45) is 0 Å². The zero-order valence-corrected chi connectivity index (χ0v) is 14.9. The molecule has 0 atom stereocenters. The van der Waals surface area contributed by atoms with Gasteiger partial charge in [0, 0.05) is 18.0 Å². The lowest BCUT2D eigenvalue weighted by Crippen LogP contribution is -2.10. The number of halogens is 2. The summed E-state index contributed by atoms with van der Waals surface area (Å²) >= 11 is 0. The first-order valence-electron chi connectivity index (χ1n) is 8.35. The van der Waals surface area contributed by atoms with E-state index < -0.39 is 23.0 Å². The van der Waals surface area contributed by atoms with Gasteiger partial charge in [0.2, 0.25) is 0 Å². The van der Waals surface area contributed by atoms with Crippen molar-refractivity contribution in [3.05, 3.63) is 102 Å². The maximum Gasteiger partial charge on any atom is 0.199 e. The van der Waals surface area contributed by atoms with E-state index in [9.17, 15) is 13.6 Å². The summed E-state index contributed by atoms with van der Waals surface area (Å²) in [6, 6.07) is 6.61. The second-order valence-electron chi connectivity index (χ2n) is 5.79. The molecule has 0 aliphatic carbocycles. The van der Waals surface area contributed by atoms with E-state index in [4.69, 9.17) is 4.74 Å². The Morgan fingerprint density at radius 2 is 1.82 bits per heavy atom. The van der Waals surface area contributed by atoms with Crippen LogP contribution in [0, 0.1) is 11.6 Å². The first-order valence-corrected chi connectivity index (χ1v) is 8.35. The highest BCUT2D eigenvalue weighted by atomic mass is 19.1. The van der Waals surface area contributed by atoms with Crippen LogP contribution in [0.3, 0.4) is 0 Å². The molecule has 0 fully saturated rings. The number of ketones is 1. The van der Waals surface area contributed by atoms with Crippen LogP contribution in [0.5, 0.6) is 5.75 Å². The van der Waals surface area contributed by atoms with Gasteiger partial charge in [-0.25, -0.2) is 8.78 Å². The van der Waals surface area contributed by atoms with E-state index in [1.807, 2.05) is 0 Å². The average Bonchev–Trinajstić information content (AvgIpc) is 2.71. The molecule has 2 aromatic carbocycles. The van der Waals surface area contributed by atoms with Crippen molar-refractivity contribution in [1.29, 1.82) is 0 Å². The van der Waals surface area contributed by atoms with E-state index in [-0.39, 0.29) is 17.9 Å². The molecule has 1 aromatic heterocycles. The molecule has 0 amide bonds. The van der Waals surface area contributed by atoms with Gasteiger partial charge in [0.05, 0.1) is 16.6 Å². The lowest BCUT2D eigenvalue weighted by Gasteiger charge is -2.11. The highest BCUT2D eigenvalue weighted by Crippen LogP contribution is 2.26. The van der Waals surface area contributed by atoms with Crippen molar-refractivity contribution >= 4 is 16.8 Å². The van der Waals surface area contributed by atoms with E-state index in [0.29, 0.717) is 16.6 Å². The third kappa shape index (κ3) is 3.86. The van der Waals surface area contributed by atoms with Gasteiger partial charge in [0.25, 0.3) is 0 Å². The molecule has 3 aromatic rings. The normalized spacial score (nSPS) is 11.3. The number of fused-ring (bicyclic) bond motifs is 1. The molecule has 6 heteroatoms. The Balaban J connectivity index is 1.96. The van der Waals surface area contributed by atoms with Gasteiger partial charge in [-0.3, -0.25) is 14.8 Å². The number of nitrogens with zero attached hydrogens (tertiary/aromatic N) is 2. The summed E-state index contributed by atoms with van der Waals surface area (Å²) in [6.45, 7) is 7.19. The molecule has 0 saturated heterocycles. The Labute approximate surface area is 160 Å². The fourth-order valence-corrected chi connectivity index (χ4v) is 2.59. The molecule has 0 N–H and O–H groups in total. The van der Waals surface area contributed by atoms with Crippen LogP contribution in [-0.2, 0) is 0 Å². The van der Waals surface area contributed by atoms with Crippen LogP contribution >= 0.6 is 0 Å². The summed E-state index contributed by atoms with van der Waals surface area (Å²) in [6.07, 6.45) is 7.71. The van der Waals surface area contributed by atoms with Gasteiger partial charge < -0.3 is 4.74 Å². The molecular weight excluding hydrogens is 362 g/mol. The monoisotopic (exact) mass is 378 g/mol. The lowest BCUT2D eigenvalue weighted by atomic mass is 10.0. The summed E-state index contributed by atoms with van der Waals surface area (Å²) in [4.78, 5) is 21.0. The molecule has 3 rings (SSSR count). The average molecular weight is 378 g/mol.